The summed E-state index contributed by atoms with van der Waals surface area (Å²) in [4.78, 5) is 26.8. The van der Waals surface area contributed by atoms with Gasteiger partial charge >= 0.3 is 5.69 Å². The number of rotatable bonds is 3. The fraction of sp³-hybridized carbons (Fsp3) is 0.529. The van der Waals surface area contributed by atoms with Gasteiger partial charge in [0.15, 0.2) is 0 Å². The van der Waals surface area contributed by atoms with E-state index in [1.165, 1.54) is 0 Å². The van der Waals surface area contributed by atoms with E-state index in [0.29, 0.717) is 24.8 Å². The number of benzene rings is 1. The number of fused-ring (bicyclic) bond motifs is 2. The van der Waals surface area contributed by atoms with Crippen molar-refractivity contribution >= 4 is 29.3 Å². The van der Waals surface area contributed by atoms with Crippen molar-refractivity contribution in [3.63, 3.8) is 0 Å². The minimum absolute atomic E-state index is 0. The van der Waals surface area contributed by atoms with Crippen molar-refractivity contribution in [3.05, 3.63) is 34.7 Å². The second kappa shape index (κ2) is 6.61. The van der Waals surface area contributed by atoms with Gasteiger partial charge in [-0.25, -0.2) is 4.79 Å². The standard InChI is InChI=1S/C17H22N4O2.ClH/c1-19-14-4-2-3-5-15(14)21(17(19)23)7-6-16(22)20-10-12-8-18-9-13(12)11-20;/h2-5,12-13,18H,6-11H2,1H3;1H/t12-,13+;. The molecule has 0 radical (unpaired) electrons. The van der Waals surface area contributed by atoms with Crippen LogP contribution >= 0.6 is 12.4 Å². The zero-order valence-electron chi connectivity index (χ0n) is 13.8. The van der Waals surface area contributed by atoms with Crippen LogP contribution in [0.25, 0.3) is 11.0 Å². The number of para-hydroxylation sites is 2. The van der Waals surface area contributed by atoms with Crippen LogP contribution in [0.4, 0.5) is 0 Å². The Morgan fingerprint density at radius 1 is 1.17 bits per heavy atom. The van der Waals surface area contributed by atoms with Gasteiger partial charge in [0.05, 0.1) is 11.0 Å². The highest BCUT2D eigenvalue weighted by Gasteiger charge is 2.37. The fourth-order valence-corrected chi connectivity index (χ4v) is 4.00. The predicted molar refractivity (Wildman–Crippen MR) is 95.5 cm³/mol. The number of halogens is 1. The lowest BCUT2D eigenvalue weighted by atomic mass is 10.0. The van der Waals surface area contributed by atoms with E-state index in [9.17, 15) is 9.59 Å². The van der Waals surface area contributed by atoms with Crippen molar-refractivity contribution in [1.29, 1.82) is 0 Å². The van der Waals surface area contributed by atoms with Crippen molar-refractivity contribution in [1.82, 2.24) is 19.4 Å². The van der Waals surface area contributed by atoms with Crippen LogP contribution in [-0.2, 0) is 18.4 Å². The zero-order chi connectivity index (χ0) is 16.0. The molecule has 2 aromatic rings. The van der Waals surface area contributed by atoms with Crippen LogP contribution < -0.4 is 11.0 Å². The molecule has 0 bridgehead atoms. The molecule has 2 atom stereocenters. The van der Waals surface area contributed by atoms with E-state index in [2.05, 4.69) is 5.32 Å². The van der Waals surface area contributed by atoms with Gasteiger partial charge in [0, 0.05) is 46.2 Å². The topological polar surface area (TPSA) is 59.3 Å². The molecule has 1 amide bonds. The van der Waals surface area contributed by atoms with Crippen molar-refractivity contribution in [3.8, 4) is 0 Å². The molecule has 1 N–H and O–H groups in total. The number of carbonyl (C=O) groups excluding carboxylic acids is 1. The van der Waals surface area contributed by atoms with Gasteiger partial charge in [-0.05, 0) is 24.0 Å². The number of aryl methyl sites for hydroxylation is 2. The molecular formula is C17H23ClN4O2. The Hall–Kier alpha value is -1.79. The first kappa shape index (κ1) is 17.0. The predicted octanol–water partition coefficient (Wildman–Crippen LogP) is 0.830. The monoisotopic (exact) mass is 350 g/mol. The van der Waals surface area contributed by atoms with Crippen molar-refractivity contribution in [2.45, 2.75) is 13.0 Å². The van der Waals surface area contributed by atoms with Gasteiger partial charge in [-0.1, -0.05) is 12.1 Å². The molecule has 7 heteroatoms. The summed E-state index contributed by atoms with van der Waals surface area (Å²) in [5.41, 5.74) is 1.75. The van der Waals surface area contributed by atoms with Crippen LogP contribution in [0, 0.1) is 11.8 Å². The highest BCUT2D eigenvalue weighted by Crippen LogP contribution is 2.26. The molecule has 0 spiro atoms. The molecule has 4 rings (SSSR count). The van der Waals surface area contributed by atoms with E-state index in [0.717, 1.165) is 37.2 Å². The molecule has 24 heavy (non-hydrogen) atoms. The van der Waals surface area contributed by atoms with Crippen LogP contribution in [0.3, 0.4) is 0 Å². The van der Waals surface area contributed by atoms with Gasteiger partial charge < -0.3 is 10.2 Å². The van der Waals surface area contributed by atoms with E-state index in [-0.39, 0.29) is 24.0 Å². The summed E-state index contributed by atoms with van der Waals surface area (Å²) in [5.74, 6) is 1.39. The Kier molecular flexibility index (Phi) is 4.69. The Balaban J connectivity index is 0.00000169. The minimum atomic E-state index is -0.0542. The van der Waals surface area contributed by atoms with Crippen molar-refractivity contribution in [2.75, 3.05) is 26.2 Å². The summed E-state index contributed by atoms with van der Waals surface area (Å²) >= 11 is 0. The van der Waals surface area contributed by atoms with Gasteiger partial charge in [-0.2, -0.15) is 0 Å². The zero-order valence-corrected chi connectivity index (χ0v) is 14.6. The lowest BCUT2D eigenvalue weighted by Gasteiger charge is -2.17. The maximum Gasteiger partial charge on any atom is 0.328 e. The van der Waals surface area contributed by atoms with E-state index in [1.54, 1.807) is 16.2 Å². The molecule has 0 aliphatic carbocycles. The maximum atomic E-state index is 12.5. The Morgan fingerprint density at radius 3 is 2.46 bits per heavy atom. The highest BCUT2D eigenvalue weighted by atomic mass is 35.5. The third-order valence-electron chi connectivity index (χ3n) is 5.34. The quantitative estimate of drug-likeness (QED) is 0.892. The number of amides is 1. The summed E-state index contributed by atoms with van der Waals surface area (Å²) in [6.45, 7) is 4.22. The normalized spacial score (nSPS) is 22.6. The lowest BCUT2D eigenvalue weighted by molar-refractivity contribution is -0.130. The molecular weight excluding hydrogens is 328 g/mol. The van der Waals surface area contributed by atoms with Gasteiger partial charge in [-0.15, -0.1) is 12.4 Å². The number of likely N-dealkylation sites (tertiary alicyclic amines) is 1. The van der Waals surface area contributed by atoms with E-state index in [1.807, 2.05) is 29.2 Å². The van der Waals surface area contributed by atoms with E-state index < -0.39 is 0 Å². The van der Waals surface area contributed by atoms with E-state index >= 15 is 0 Å². The molecule has 1 aromatic carbocycles. The molecule has 1 aromatic heterocycles. The Morgan fingerprint density at radius 2 is 1.79 bits per heavy atom. The number of aromatic nitrogens is 2. The molecule has 2 fully saturated rings. The van der Waals surface area contributed by atoms with Gasteiger partial charge in [0.1, 0.15) is 0 Å². The van der Waals surface area contributed by atoms with Crippen LogP contribution in [0.1, 0.15) is 6.42 Å². The summed E-state index contributed by atoms with van der Waals surface area (Å²) in [5, 5.41) is 3.39. The average molecular weight is 351 g/mol. The van der Waals surface area contributed by atoms with Crippen LogP contribution in [0.2, 0.25) is 0 Å². The van der Waals surface area contributed by atoms with Crippen molar-refractivity contribution in [2.24, 2.45) is 18.9 Å². The number of carbonyl (C=O) groups is 1. The van der Waals surface area contributed by atoms with Crippen molar-refractivity contribution < 1.29 is 4.79 Å². The van der Waals surface area contributed by atoms with Gasteiger partial charge in [-0.3, -0.25) is 13.9 Å². The third-order valence-corrected chi connectivity index (χ3v) is 5.34. The summed E-state index contributed by atoms with van der Waals surface area (Å²) in [6.07, 6.45) is 0.390. The summed E-state index contributed by atoms with van der Waals surface area (Å²) < 4.78 is 3.36. The summed E-state index contributed by atoms with van der Waals surface area (Å²) in [6, 6.07) is 7.72. The summed E-state index contributed by atoms with van der Waals surface area (Å²) in [7, 11) is 1.78. The second-order valence-corrected chi connectivity index (χ2v) is 6.71. The number of nitrogens with one attached hydrogen (secondary N) is 1. The molecule has 2 aliphatic rings. The molecule has 6 nitrogen and oxygen atoms in total. The first-order valence-electron chi connectivity index (χ1n) is 8.28. The smallest absolute Gasteiger partial charge is 0.328 e. The van der Waals surface area contributed by atoms with Gasteiger partial charge in [0.25, 0.3) is 0 Å². The molecule has 0 unspecified atom stereocenters. The van der Waals surface area contributed by atoms with E-state index in [4.69, 9.17) is 0 Å². The first-order chi connectivity index (χ1) is 11.1. The Labute approximate surface area is 146 Å². The maximum absolute atomic E-state index is 12.5. The number of hydrogen-bond acceptors (Lipinski definition) is 3. The first-order valence-corrected chi connectivity index (χ1v) is 8.28. The second-order valence-electron chi connectivity index (χ2n) is 6.71. The largest absolute Gasteiger partial charge is 0.342 e. The van der Waals surface area contributed by atoms with Crippen LogP contribution in [0.15, 0.2) is 29.1 Å². The number of nitrogens with zero attached hydrogens (tertiary/aromatic N) is 3. The highest BCUT2D eigenvalue weighted by molar-refractivity contribution is 5.85. The van der Waals surface area contributed by atoms with Crippen LogP contribution in [-0.4, -0.2) is 46.1 Å². The minimum Gasteiger partial charge on any atom is -0.342 e. The molecule has 3 heterocycles. The average Bonchev–Trinajstić information content (AvgIpc) is 3.21. The number of imidazole rings is 1. The number of hydrogen-bond donors (Lipinski definition) is 1. The molecule has 2 saturated heterocycles. The SMILES string of the molecule is Cl.Cn1c(=O)n(CCC(=O)N2C[C@H]3CNC[C@H]3C2)c2ccccc21. The lowest BCUT2D eigenvalue weighted by Crippen LogP contribution is -2.33. The van der Waals surface area contributed by atoms with Crippen LogP contribution in [0.5, 0.6) is 0 Å². The van der Waals surface area contributed by atoms with Gasteiger partial charge in [0.2, 0.25) is 5.91 Å². The molecule has 0 saturated carbocycles. The fourth-order valence-electron chi connectivity index (χ4n) is 4.00. The molecule has 2 aliphatic heterocycles. The third kappa shape index (κ3) is 2.74. The molecule has 130 valence electrons. The Bertz CT molecular complexity index is 801.